The van der Waals surface area contributed by atoms with Gasteiger partial charge >= 0.3 is 0 Å². The number of nitrogens with zero attached hydrogens (tertiary/aromatic N) is 2. The van der Waals surface area contributed by atoms with Crippen LogP contribution in [0.1, 0.15) is 5.56 Å². The van der Waals surface area contributed by atoms with Crippen LogP contribution < -0.4 is 5.32 Å². The summed E-state index contributed by atoms with van der Waals surface area (Å²) in [5, 5.41) is 7.55. The minimum Gasteiger partial charge on any atom is -0.383 e. The highest BCUT2D eigenvalue weighted by molar-refractivity contribution is 9.10. The van der Waals surface area contributed by atoms with Gasteiger partial charge in [0.25, 0.3) is 0 Å². The van der Waals surface area contributed by atoms with Crippen LogP contribution in [0, 0.1) is 0 Å². The Hall–Kier alpha value is -1.17. The second kappa shape index (κ2) is 6.68. The molecule has 0 saturated heterocycles. The van der Waals surface area contributed by atoms with Gasteiger partial charge in [-0.25, -0.2) is 4.68 Å². The Kier molecular flexibility index (Phi) is 4.92. The molecule has 0 spiro atoms. The van der Waals surface area contributed by atoms with Crippen molar-refractivity contribution in [3.8, 4) is 5.69 Å². The smallest absolute Gasteiger partial charge is 0.0646 e. The summed E-state index contributed by atoms with van der Waals surface area (Å²) >= 11 is 3.39. The molecule has 1 N–H and O–H groups in total. The third-order valence-corrected chi connectivity index (χ3v) is 2.97. The molecule has 96 valence electrons. The largest absolute Gasteiger partial charge is 0.383 e. The van der Waals surface area contributed by atoms with Gasteiger partial charge in [-0.05, 0) is 33.6 Å². The van der Waals surface area contributed by atoms with Crippen molar-refractivity contribution in [3.05, 3.63) is 46.7 Å². The minimum absolute atomic E-state index is 0.736. The molecule has 18 heavy (non-hydrogen) atoms. The average molecular weight is 310 g/mol. The summed E-state index contributed by atoms with van der Waals surface area (Å²) in [7, 11) is 1.71. The summed E-state index contributed by atoms with van der Waals surface area (Å²) in [4.78, 5) is 0. The summed E-state index contributed by atoms with van der Waals surface area (Å²) < 4.78 is 7.80. The first-order valence-electron chi connectivity index (χ1n) is 5.79. The van der Waals surface area contributed by atoms with Gasteiger partial charge in [-0.3, -0.25) is 0 Å². The van der Waals surface area contributed by atoms with Crippen molar-refractivity contribution >= 4 is 15.9 Å². The van der Waals surface area contributed by atoms with Crippen molar-refractivity contribution in [2.75, 3.05) is 20.3 Å². The second-order valence-electron chi connectivity index (χ2n) is 3.94. The van der Waals surface area contributed by atoms with Gasteiger partial charge in [0.1, 0.15) is 0 Å². The lowest BCUT2D eigenvalue weighted by atomic mass is 10.2. The van der Waals surface area contributed by atoms with Gasteiger partial charge in [0, 0.05) is 26.4 Å². The highest BCUT2D eigenvalue weighted by atomic mass is 79.9. The Morgan fingerprint density at radius 3 is 2.72 bits per heavy atom. The molecule has 1 aromatic carbocycles. The highest BCUT2D eigenvalue weighted by Gasteiger charge is 1.99. The molecule has 2 aromatic rings. The molecule has 0 amide bonds. The van der Waals surface area contributed by atoms with Crippen molar-refractivity contribution in [2.24, 2.45) is 0 Å². The maximum atomic E-state index is 4.98. The van der Waals surface area contributed by atoms with Gasteiger partial charge in [-0.15, -0.1) is 0 Å². The zero-order chi connectivity index (χ0) is 12.8. The van der Waals surface area contributed by atoms with E-state index in [2.05, 4.69) is 50.6 Å². The third kappa shape index (κ3) is 3.66. The lowest BCUT2D eigenvalue weighted by Gasteiger charge is -2.06. The summed E-state index contributed by atoms with van der Waals surface area (Å²) in [6.07, 6.45) is 3.71. The molecule has 1 heterocycles. The van der Waals surface area contributed by atoms with E-state index < -0.39 is 0 Å². The number of aromatic nitrogens is 2. The fraction of sp³-hybridized carbons (Fsp3) is 0.308. The average Bonchev–Trinajstić information content (AvgIpc) is 2.82. The van der Waals surface area contributed by atoms with Crippen LogP contribution in [0.2, 0.25) is 0 Å². The predicted molar refractivity (Wildman–Crippen MR) is 74.8 cm³/mol. The molecule has 0 atom stereocenters. The van der Waals surface area contributed by atoms with Gasteiger partial charge < -0.3 is 10.1 Å². The quantitative estimate of drug-likeness (QED) is 0.833. The zero-order valence-corrected chi connectivity index (χ0v) is 11.9. The number of ether oxygens (including phenoxy) is 1. The van der Waals surface area contributed by atoms with Crippen LogP contribution in [0.25, 0.3) is 5.69 Å². The van der Waals surface area contributed by atoms with Gasteiger partial charge in [0.15, 0.2) is 0 Å². The maximum Gasteiger partial charge on any atom is 0.0646 e. The Bertz CT molecular complexity index is 481. The Morgan fingerprint density at radius 2 is 2.11 bits per heavy atom. The molecule has 0 saturated carbocycles. The van der Waals surface area contributed by atoms with Crippen LogP contribution in [-0.2, 0) is 11.3 Å². The van der Waals surface area contributed by atoms with Gasteiger partial charge in [-0.2, -0.15) is 5.10 Å². The molecule has 1 aromatic heterocycles. The van der Waals surface area contributed by atoms with Crippen molar-refractivity contribution < 1.29 is 4.74 Å². The van der Waals surface area contributed by atoms with Crippen molar-refractivity contribution in [2.45, 2.75) is 6.54 Å². The predicted octanol–water partition coefficient (Wildman–Crippen LogP) is 2.37. The summed E-state index contributed by atoms with van der Waals surface area (Å²) in [6, 6.07) is 8.33. The van der Waals surface area contributed by atoms with Crippen LogP contribution in [0.3, 0.4) is 0 Å². The SMILES string of the molecule is COCCNCc1ccc(-n2cc(Br)cn2)cc1. The lowest BCUT2D eigenvalue weighted by Crippen LogP contribution is -2.18. The van der Waals surface area contributed by atoms with E-state index in [0.29, 0.717) is 0 Å². The topological polar surface area (TPSA) is 39.1 Å². The van der Waals surface area contributed by atoms with Crippen LogP contribution in [0.4, 0.5) is 0 Å². The first-order chi connectivity index (χ1) is 8.79. The molecule has 0 bridgehead atoms. The number of nitrogens with one attached hydrogen (secondary N) is 1. The Labute approximate surface area is 115 Å². The van der Waals surface area contributed by atoms with Crippen molar-refractivity contribution in [1.82, 2.24) is 15.1 Å². The lowest BCUT2D eigenvalue weighted by molar-refractivity contribution is 0.199. The van der Waals surface area contributed by atoms with E-state index in [1.807, 2.05) is 10.9 Å². The number of rotatable bonds is 6. The monoisotopic (exact) mass is 309 g/mol. The number of methoxy groups -OCH3 is 1. The van der Waals surface area contributed by atoms with E-state index in [9.17, 15) is 0 Å². The third-order valence-electron chi connectivity index (χ3n) is 2.56. The standard InChI is InChI=1S/C13H16BrN3O/c1-18-7-6-15-8-11-2-4-13(5-3-11)17-10-12(14)9-16-17/h2-5,9-10,15H,6-8H2,1H3. The first kappa shape index (κ1) is 13.3. The minimum atomic E-state index is 0.736. The first-order valence-corrected chi connectivity index (χ1v) is 6.58. The molecule has 0 aliphatic rings. The van der Waals surface area contributed by atoms with E-state index in [1.165, 1.54) is 5.56 Å². The van der Waals surface area contributed by atoms with E-state index in [4.69, 9.17) is 4.74 Å². The summed E-state index contributed by atoms with van der Waals surface area (Å²) in [6.45, 7) is 2.45. The Balaban J connectivity index is 1.93. The number of benzene rings is 1. The molecule has 4 nitrogen and oxygen atoms in total. The van der Waals surface area contributed by atoms with E-state index in [1.54, 1.807) is 13.3 Å². The fourth-order valence-electron chi connectivity index (χ4n) is 1.62. The molecular formula is C13H16BrN3O. The van der Waals surface area contributed by atoms with Gasteiger partial charge in [0.2, 0.25) is 0 Å². The summed E-state index contributed by atoms with van der Waals surface area (Å²) in [5.41, 5.74) is 2.31. The summed E-state index contributed by atoms with van der Waals surface area (Å²) in [5.74, 6) is 0. The van der Waals surface area contributed by atoms with E-state index in [-0.39, 0.29) is 0 Å². The maximum absolute atomic E-state index is 4.98. The van der Waals surface area contributed by atoms with Crippen LogP contribution in [0.15, 0.2) is 41.1 Å². The molecule has 0 radical (unpaired) electrons. The van der Waals surface area contributed by atoms with Crippen molar-refractivity contribution in [3.63, 3.8) is 0 Å². The van der Waals surface area contributed by atoms with Crippen LogP contribution in [0.5, 0.6) is 0 Å². The van der Waals surface area contributed by atoms with E-state index in [0.717, 1.165) is 29.9 Å². The number of hydrogen-bond acceptors (Lipinski definition) is 3. The highest BCUT2D eigenvalue weighted by Crippen LogP contribution is 2.13. The molecule has 2 rings (SSSR count). The molecule has 0 aliphatic carbocycles. The van der Waals surface area contributed by atoms with Crippen molar-refractivity contribution in [1.29, 1.82) is 0 Å². The van der Waals surface area contributed by atoms with Crippen LogP contribution >= 0.6 is 15.9 Å². The molecule has 0 aliphatic heterocycles. The Morgan fingerprint density at radius 1 is 1.33 bits per heavy atom. The zero-order valence-electron chi connectivity index (χ0n) is 10.3. The van der Waals surface area contributed by atoms with E-state index >= 15 is 0 Å². The molecule has 5 heteroatoms. The van der Waals surface area contributed by atoms with Gasteiger partial charge in [0.05, 0.1) is 23.0 Å². The normalized spacial score (nSPS) is 10.8. The fourth-order valence-corrected chi connectivity index (χ4v) is 1.90. The number of hydrogen-bond donors (Lipinski definition) is 1. The molecular weight excluding hydrogens is 294 g/mol. The van der Waals surface area contributed by atoms with Gasteiger partial charge in [-0.1, -0.05) is 12.1 Å². The number of halogens is 1. The van der Waals surface area contributed by atoms with Crippen LogP contribution in [-0.4, -0.2) is 30.0 Å². The molecule has 0 unspecified atom stereocenters. The second-order valence-corrected chi connectivity index (χ2v) is 4.85. The molecule has 0 fully saturated rings.